The Morgan fingerprint density at radius 1 is 1.17 bits per heavy atom. The second kappa shape index (κ2) is 9.52. The van der Waals surface area contributed by atoms with Gasteiger partial charge in [0.15, 0.2) is 0 Å². The van der Waals surface area contributed by atoms with Crippen molar-refractivity contribution in [3.63, 3.8) is 0 Å². The Morgan fingerprint density at radius 3 is 2.28 bits per heavy atom. The van der Waals surface area contributed by atoms with Gasteiger partial charge in [0, 0.05) is 12.7 Å². The number of hydrogen-bond donors (Lipinski definition) is 1. The molecule has 0 aromatic carbocycles. The highest BCUT2D eigenvalue weighted by atomic mass is 14.8. The fraction of sp³-hybridized carbons (Fsp3) is 0.412. The largest absolute Gasteiger partial charge is 0.392 e. The summed E-state index contributed by atoms with van der Waals surface area (Å²) in [7, 11) is 1.94. The molecule has 1 N–H and O–H groups in total. The molecule has 100 valence electrons. The Labute approximate surface area is 113 Å². The Hall–Kier alpha value is -1.50. The van der Waals surface area contributed by atoms with Gasteiger partial charge in [0.05, 0.1) is 0 Å². The zero-order valence-electron chi connectivity index (χ0n) is 12.5. The van der Waals surface area contributed by atoms with E-state index in [9.17, 15) is 0 Å². The van der Waals surface area contributed by atoms with Crippen LogP contribution in [0, 0.1) is 0 Å². The molecule has 0 aliphatic heterocycles. The monoisotopic (exact) mass is 245 g/mol. The maximum atomic E-state index is 3.91. The average molecular weight is 245 g/mol. The van der Waals surface area contributed by atoms with Crippen molar-refractivity contribution < 1.29 is 0 Å². The van der Waals surface area contributed by atoms with Gasteiger partial charge in [-0.2, -0.15) is 0 Å². The molecule has 0 fully saturated rings. The summed E-state index contributed by atoms with van der Waals surface area (Å²) in [6, 6.07) is 0. The highest BCUT2D eigenvalue weighted by molar-refractivity contribution is 5.47. The molecule has 0 aromatic heterocycles. The van der Waals surface area contributed by atoms with Gasteiger partial charge in [0.25, 0.3) is 0 Å². The summed E-state index contributed by atoms with van der Waals surface area (Å²) < 4.78 is 0. The van der Waals surface area contributed by atoms with Crippen molar-refractivity contribution in [3.05, 3.63) is 59.4 Å². The van der Waals surface area contributed by atoms with Gasteiger partial charge in [0.1, 0.15) is 0 Å². The van der Waals surface area contributed by atoms with Crippen molar-refractivity contribution >= 4 is 0 Å². The Morgan fingerprint density at radius 2 is 1.83 bits per heavy atom. The normalized spacial score (nSPS) is 14.7. The van der Waals surface area contributed by atoms with Gasteiger partial charge in [-0.1, -0.05) is 43.4 Å². The number of allylic oxidation sites excluding steroid dienone is 9. The van der Waals surface area contributed by atoms with Crippen LogP contribution in [0.2, 0.25) is 0 Å². The van der Waals surface area contributed by atoms with Crippen LogP contribution in [0.5, 0.6) is 0 Å². The quantitative estimate of drug-likeness (QED) is 0.496. The predicted molar refractivity (Wildman–Crippen MR) is 83.5 cm³/mol. The van der Waals surface area contributed by atoms with Crippen LogP contribution >= 0.6 is 0 Å². The van der Waals surface area contributed by atoms with Crippen LogP contribution in [0.3, 0.4) is 0 Å². The number of rotatable bonds is 7. The average Bonchev–Trinajstić information content (AvgIpc) is 2.40. The van der Waals surface area contributed by atoms with E-state index in [1.54, 1.807) is 0 Å². The minimum atomic E-state index is 0.980. The summed E-state index contributed by atoms with van der Waals surface area (Å²) in [6.45, 7) is 12.4. The van der Waals surface area contributed by atoms with Crippen molar-refractivity contribution in [2.45, 2.75) is 40.5 Å². The van der Waals surface area contributed by atoms with Crippen molar-refractivity contribution in [2.75, 3.05) is 7.05 Å². The van der Waals surface area contributed by atoms with Crippen LogP contribution in [-0.2, 0) is 0 Å². The van der Waals surface area contributed by atoms with Crippen LogP contribution in [0.1, 0.15) is 40.5 Å². The highest BCUT2D eigenvalue weighted by Crippen LogP contribution is 2.17. The lowest BCUT2D eigenvalue weighted by Crippen LogP contribution is -2.02. The lowest BCUT2D eigenvalue weighted by atomic mass is 10.0. The first-order chi connectivity index (χ1) is 8.58. The molecule has 18 heavy (non-hydrogen) atoms. The molecule has 0 radical (unpaired) electrons. The SMILES string of the molecule is C=CC(=C/CC)/C(=C\C/C(C)=C/C)/C=C(\C)NC. The standard InChI is InChI=1S/C17H27N/c1-7-10-16(9-3)17(13-15(5)18-6)12-11-14(4)8-2/h8-10,12-13,18H,3,7,11H2,1-2,4-6H3/b14-8+,15-13+,16-10-,17-12-. The Kier molecular flexibility index (Phi) is 8.73. The molecule has 0 unspecified atom stereocenters. The molecule has 0 spiro atoms. The van der Waals surface area contributed by atoms with E-state index in [2.05, 4.69) is 63.9 Å². The third-order valence-corrected chi connectivity index (χ3v) is 2.88. The summed E-state index contributed by atoms with van der Waals surface area (Å²) in [6.07, 6.45) is 12.7. The molecule has 0 saturated heterocycles. The topological polar surface area (TPSA) is 12.0 Å². The van der Waals surface area contributed by atoms with Gasteiger partial charge >= 0.3 is 0 Å². The van der Waals surface area contributed by atoms with Gasteiger partial charge in [-0.15, -0.1) is 0 Å². The fourth-order valence-corrected chi connectivity index (χ4v) is 1.49. The molecule has 0 aromatic rings. The van der Waals surface area contributed by atoms with Gasteiger partial charge in [-0.05, 0) is 50.8 Å². The Bertz CT molecular complexity index is 378. The molecular formula is C17H27N. The number of hydrogen-bond acceptors (Lipinski definition) is 1. The van der Waals surface area contributed by atoms with Crippen molar-refractivity contribution in [2.24, 2.45) is 0 Å². The summed E-state index contributed by atoms with van der Waals surface area (Å²) in [5.41, 5.74) is 4.97. The highest BCUT2D eigenvalue weighted by Gasteiger charge is 1.99. The number of nitrogens with one attached hydrogen (secondary N) is 1. The zero-order valence-corrected chi connectivity index (χ0v) is 12.5. The molecular weight excluding hydrogens is 218 g/mol. The molecule has 0 aliphatic rings. The van der Waals surface area contributed by atoms with Crippen molar-refractivity contribution in [1.82, 2.24) is 5.32 Å². The summed E-state index contributed by atoms with van der Waals surface area (Å²) in [5, 5.41) is 3.16. The van der Waals surface area contributed by atoms with E-state index in [0.717, 1.165) is 18.5 Å². The molecule has 0 heterocycles. The predicted octanol–water partition coefficient (Wildman–Crippen LogP) is 4.91. The molecule has 0 atom stereocenters. The lowest BCUT2D eigenvalue weighted by molar-refractivity contribution is 0.986. The summed E-state index contributed by atoms with van der Waals surface area (Å²) >= 11 is 0. The van der Waals surface area contributed by atoms with Crippen molar-refractivity contribution in [3.8, 4) is 0 Å². The van der Waals surface area contributed by atoms with E-state index in [0.29, 0.717) is 0 Å². The lowest BCUT2D eigenvalue weighted by Gasteiger charge is -2.07. The van der Waals surface area contributed by atoms with Crippen LogP contribution in [0.15, 0.2) is 59.4 Å². The summed E-state index contributed by atoms with van der Waals surface area (Å²) in [5.74, 6) is 0. The van der Waals surface area contributed by atoms with Gasteiger partial charge in [0.2, 0.25) is 0 Å². The third-order valence-electron chi connectivity index (χ3n) is 2.88. The van der Waals surface area contributed by atoms with Crippen LogP contribution < -0.4 is 5.32 Å². The zero-order chi connectivity index (χ0) is 14.0. The molecule has 0 saturated carbocycles. The molecule has 0 amide bonds. The van der Waals surface area contributed by atoms with Crippen LogP contribution in [0.4, 0.5) is 0 Å². The van der Waals surface area contributed by atoms with E-state index in [1.165, 1.54) is 16.7 Å². The smallest absolute Gasteiger partial charge is 0.00785 e. The minimum absolute atomic E-state index is 0.980. The van der Waals surface area contributed by atoms with E-state index in [4.69, 9.17) is 0 Å². The van der Waals surface area contributed by atoms with E-state index in [-0.39, 0.29) is 0 Å². The van der Waals surface area contributed by atoms with E-state index < -0.39 is 0 Å². The molecule has 0 aliphatic carbocycles. The first-order valence-electron chi connectivity index (χ1n) is 6.59. The van der Waals surface area contributed by atoms with E-state index in [1.807, 2.05) is 13.1 Å². The van der Waals surface area contributed by atoms with Crippen LogP contribution in [0.25, 0.3) is 0 Å². The molecule has 1 heteroatoms. The molecule has 0 rings (SSSR count). The third kappa shape index (κ3) is 6.29. The van der Waals surface area contributed by atoms with Crippen molar-refractivity contribution in [1.29, 1.82) is 0 Å². The molecule has 0 bridgehead atoms. The maximum absolute atomic E-state index is 3.91. The minimum Gasteiger partial charge on any atom is -0.392 e. The van der Waals surface area contributed by atoms with Crippen LogP contribution in [-0.4, -0.2) is 7.05 Å². The van der Waals surface area contributed by atoms with Gasteiger partial charge in [-0.3, -0.25) is 0 Å². The van der Waals surface area contributed by atoms with E-state index >= 15 is 0 Å². The maximum Gasteiger partial charge on any atom is 0.00785 e. The van der Waals surface area contributed by atoms with Gasteiger partial charge < -0.3 is 5.32 Å². The van der Waals surface area contributed by atoms with Gasteiger partial charge in [-0.25, -0.2) is 0 Å². The Balaban J connectivity index is 5.29. The summed E-state index contributed by atoms with van der Waals surface area (Å²) in [4.78, 5) is 0. The second-order valence-corrected chi connectivity index (χ2v) is 4.35. The fourth-order valence-electron chi connectivity index (χ4n) is 1.49. The second-order valence-electron chi connectivity index (χ2n) is 4.35. The molecule has 1 nitrogen and oxygen atoms in total. The first-order valence-corrected chi connectivity index (χ1v) is 6.59. The first kappa shape index (κ1) is 16.5.